The highest BCUT2D eigenvalue weighted by atomic mass is 32.1. The van der Waals surface area contributed by atoms with E-state index in [1.54, 1.807) is 18.4 Å². The fourth-order valence-corrected chi connectivity index (χ4v) is 4.58. The third kappa shape index (κ3) is 6.07. The quantitative estimate of drug-likeness (QED) is 0.488. The Hall–Kier alpha value is -3.01. The number of ether oxygens (including phenoxy) is 1. The summed E-state index contributed by atoms with van der Waals surface area (Å²) in [7, 11) is 1.61. The van der Waals surface area contributed by atoms with Crippen molar-refractivity contribution in [3.63, 3.8) is 0 Å². The predicted octanol–water partition coefficient (Wildman–Crippen LogP) is 2.18. The molecule has 1 N–H and O–H groups in total. The Bertz CT molecular complexity index is 1040. The van der Waals surface area contributed by atoms with Crippen molar-refractivity contribution < 1.29 is 14.3 Å². The van der Waals surface area contributed by atoms with Crippen molar-refractivity contribution in [2.45, 2.75) is 6.54 Å². The van der Waals surface area contributed by atoms with Gasteiger partial charge in [0.2, 0.25) is 5.91 Å². The molecule has 3 aromatic rings. The van der Waals surface area contributed by atoms with Crippen LogP contribution in [0, 0.1) is 0 Å². The maximum atomic E-state index is 13.5. The molecular weight excluding hydrogens is 438 g/mol. The fourth-order valence-electron chi connectivity index (χ4n) is 3.86. The lowest BCUT2D eigenvalue weighted by atomic mass is 10.1. The smallest absolute Gasteiger partial charge is 0.257 e. The number of hydrogen-bond donors (Lipinski definition) is 1. The van der Waals surface area contributed by atoms with Crippen LogP contribution in [0.25, 0.3) is 10.6 Å². The molecule has 33 heavy (non-hydrogen) atoms. The topological polar surface area (TPSA) is 79.7 Å². The lowest BCUT2D eigenvalue weighted by Crippen LogP contribution is -2.51. The normalized spacial score (nSPS) is 14.4. The van der Waals surface area contributed by atoms with Gasteiger partial charge in [0.05, 0.1) is 30.1 Å². The number of carbonyl (C=O) groups excluding carboxylic acids is 2. The molecule has 8 nitrogen and oxygen atoms in total. The van der Waals surface area contributed by atoms with Crippen molar-refractivity contribution in [1.82, 2.24) is 24.9 Å². The van der Waals surface area contributed by atoms with Gasteiger partial charge in [-0.1, -0.05) is 36.4 Å². The number of nitrogens with one attached hydrogen (secondary N) is 1. The van der Waals surface area contributed by atoms with Crippen molar-refractivity contribution >= 4 is 23.2 Å². The number of aromatic nitrogens is 2. The van der Waals surface area contributed by atoms with Crippen LogP contribution < -0.4 is 5.32 Å². The highest BCUT2D eigenvalue weighted by molar-refractivity contribution is 7.13. The second-order valence-electron chi connectivity index (χ2n) is 7.96. The first-order valence-electron chi connectivity index (χ1n) is 11.1. The first-order chi connectivity index (χ1) is 16.1. The molecule has 0 spiro atoms. The number of methoxy groups -OCH3 is 1. The van der Waals surface area contributed by atoms with Gasteiger partial charge >= 0.3 is 0 Å². The molecule has 0 bridgehead atoms. The standard InChI is InChI=1S/C24H29N5O3S/c1-32-14-9-25-22(30)18-27-10-12-28(13-11-27)24(31)20-17-29(16-19-6-3-2-4-7-19)26-23(20)21-8-5-15-33-21/h2-8,15,17H,9-14,16,18H2,1H3,(H,25,30). The van der Waals surface area contributed by atoms with Crippen LogP contribution in [0.2, 0.25) is 0 Å². The van der Waals surface area contributed by atoms with Gasteiger partial charge in [0.15, 0.2) is 0 Å². The lowest BCUT2D eigenvalue weighted by molar-refractivity contribution is -0.122. The highest BCUT2D eigenvalue weighted by Crippen LogP contribution is 2.28. The third-order valence-corrected chi connectivity index (χ3v) is 6.47. The van der Waals surface area contributed by atoms with Crippen molar-refractivity contribution in [3.8, 4) is 10.6 Å². The molecule has 1 aliphatic heterocycles. The Morgan fingerprint density at radius 2 is 1.88 bits per heavy atom. The summed E-state index contributed by atoms with van der Waals surface area (Å²) in [6.07, 6.45) is 1.86. The van der Waals surface area contributed by atoms with Gasteiger partial charge in [0.25, 0.3) is 5.91 Å². The summed E-state index contributed by atoms with van der Waals surface area (Å²) in [5.74, 6) is -0.0316. The van der Waals surface area contributed by atoms with Crippen molar-refractivity contribution in [2.75, 3.05) is 53.0 Å². The molecule has 1 saturated heterocycles. The third-order valence-electron chi connectivity index (χ3n) is 5.59. The van der Waals surface area contributed by atoms with Gasteiger partial charge in [0.1, 0.15) is 5.69 Å². The van der Waals surface area contributed by atoms with Gasteiger partial charge in [-0.3, -0.25) is 19.2 Å². The molecule has 1 aliphatic rings. The number of thiophene rings is 1. The van der Waals surface area contributed by atoms with Crippen molar-refractivity contribution in [3.05, 3.63) is 65.2 Å². The molecule has 1 fully saturated rings. The summed E-state index contributed by atoms with van der Waals surface area (Å²) in [5.41, 5.74) is 2.49. The van der Waals surface area contributed by atoms with Crippen LogP contribution in [0.15, 0.2) is 54.0 Å². The van der Waals surface area contributed by atoms with Gasteiger partial charge in [0, 0.05) is 46.0 Å². The van der Waals surface area contributed by atoms with E-state index in [0.717, 1.165) is 16.1 Å². The van der Waals surface area contributed by atoms with Gasteiger partial charge in [-0.05, 0) is 17.0 Å². The summed E-state index contributed by atoms with van der Waals surface area (Å²) in [6, 6.07) is 14.1. The SMILES string of the molecule is COCCNC(=O)CN1CCN(C(=O)c2cn(Cc3ccccc3)nc2-c2cccs2)CC1. The van der Waals surface area contributed by atoms with E-state index in [1.165, 1.54) is 0 Å². The van der Waals surface area contributed by atoms with Gasteiger partial charge in [-0.2, -0.15) is 5.10 Å². The minimum atomic E-state index is -0.0194. The Morgan fingerprint density at radius 1 is 1.09 bits per heavy atom. The van der Waals surface area contributed by atoms with E-state index in [2.05, 4.69) is 22.3 Å². The Morgan fingerprint density at radius 3 is 2.58 bits per heavy atom. The first-order valence-corrected chi connectivity index (χ1v) is 11.9. The molecular formula is C24H29N5O3S. The van der Waals surface area contributed by atoms with E-state index in [4.69, 9.17) is 9.84 Å². The summed E-state index contributed by atoms with van der Waals surface area (Å²) >= 11 is 1.58. The van der Waals surface area contributed by atoms with Crippen LogP contribution in [0.3, 0.4) is 0 Å². The van der Waals surface area contributed by atoms with E-state index in [0.29, 0.717) is 58.0 Å². The second-order valence-corrected chi connectivity index (χ2v) is 8.91. The fraction of sp³-hybridized carbons (Fsp3) is 0.375. The van der Waals surface area contributed by atoms with Crippen molar-refractivity contribution in [2.24, 2.45) is 0 Å². The molecule has 0 radical (unpaired) electrons. The summed E-state index contributed by atoms with van der Waals surface area (Å²) in [5, 5.41) is 9.60. The van der Waals surface area contributed by atoms with Crippen LogP contribution in [0.1, 0.15) is 15.9 Å². The molecule has 0 aliphatic carbocycles. The number of hydrogen-bond acceptors (Lipinski definition) is 6. The van der Waals surface area contributed by atoms with Crippen LogP contribution in [-0.4, -0.2) is 84.4 Å². The van der Waals surface area contributed by atoms with Crippen LogP contribution in [0.4, 0.5) is 0 Å². The highest BCUT2D eigenvalue weighted by Gasteiger charge is 2.27. The number of rotatable bonds is 9. The summed E-state index contributed by atoms with van der Waals surface area (Å²) < 4.78 is 6.80. The van der Waals surface area contributed by atoms with Crippen molar-refractivity contribution in [1.29, 1.82) is 0 Å². The maximum Gasteiger partial charge on any atom is 0.257 e. The minimum Gasteiger partial charge on any atom is -0.383 e. The molecule has 3 heterocycles. The van der Waals surface area contributed by atoms with Crippen LogP contribution in [0.5, 0.6) is 0 Å². The zero-order valence-corrected chi connectivity index (χ0v) is 19.6. The van der Waals surface area contributed by atoms with E-state index in [9.17, 15) is 9.59 Å². The van der Waals surface area contributed by atoms with Gasteiger partial charge < -0.3 is 15.0 Å². The zero-order chi connectivity index (χ0) is 23.0. The summed E-state index contributed by atoms with van der Waals surface area (Å²) in [4.78, 5) is 30.4. The second kappa shape index (κ2) is 11.2. The van der Waals surface area contributed by atoms with Crippen LogP contribution >= 0.6 is 11.3 Å². The average molecular weight is 468 g/mol. The predicted molar refractivity (Wildman–Crippen MR) is 128 cm³/mol. The monoisotopic (exact) mass is 467 g/mol. The molecule has 2 aromatic heterocycles. The van der Waals surface area contributed by atoms with Gasteiger partial charge in [-0.25, -0.2) is 0 Å². The number of carbonyl (C=O) groups is 2. The molecule has 0 unspecified atom stereocenters. The molecule has 0 saturated carbocycles. The Labute approximate surface area is 197 Å². The van der Waals surface area contributed by atoms with E-state index in [1.807, 2.05) is 51.5 Å². The minimum absolute atomic E-state index is 0.0121. The number of benzene rings is 1. The molecule has 2 amide bonds. The summed E-state index contributed by atoms with van der Waals surface area (Å²) in [6.45, 7) is 4.44. The number of nitrogens with zero attached hydrogens (tertiary/aromatic N) is 4. The Balaban J connectivity index is 1.42. The van der Waals surface area contributed by atoms with Gasteiger partial charge in [-0.15, -0.1) is 11.3 Å². The first kappa shape index (κ1) is 23.2. The van der Waals surface area contributed by atoms with E-state index >= 15 is 0 Å². The largest absolute Gasteiger partial charge is 0.383 e. The number of piperazine rings is 1. The maximum absolute atomic E-state index is 13.5. The van der Waals surface area contributed by atoms with E-state index in [-0.39, 0.29) is 11.8 Å². The Kier molecular flexibility index (Phi) is 7.87. The van der Waals surface area contributed by atoms with E-state index < -0.39 is 0 Å². The zero-order valence-electron chi connectivity index (χ0n) is 18.8. The number of amides is 2. The average Bonchev–Trinajstić information content (AvgIpc) is 3.50. The lowest BCUT2D eigenvalue weighted by Gasteiger charge is -2.34. The molecule has 4 rings (SSSR count). The van der Waals surface area contributed by atoms with Crippen LogP contribution in [-0.2, 0) is 16.1 Å². The molecule has 0 atom stereocenters. The molecule has 9 heteroatoms. The molecule has 1 aromatic carbocycles. The molecule has 174 valence electrons.